The van der Waals surface area contributed by atoms with Gasteiger partial charge in [-0.15, -0.1) is 0 Å². The number of hydrogen-bond donors (Lipinski definition) is 1. The Morgan fingerprint density at radius 2 is 1.90 bits per heavy atom. The van der Waals surface area contributed by atoms with E-state index in [9.17, 15) is 10.1 Å². The van der Waals surface area contributed by atoms with Crippen LogP contribution in [0.4, 0.5) is 5.69 Å². The van der Waals surface area contributed by atoms with Crippen LogP contribution in [-0.4, -0.2) is 14.9 Å². The zero-order valence-electron chi connectivity index (χ0n) is 10.3. The molecule has 96 valence electrons. The minimum atomic E-state index is -0.382. The molecule has 0 spiro atoms. The van der Waals surface area contributed by atoms with E-state index in [0.717, 1.165) is 32.8 Å². The Morgan fingerprint density at radius 3 is 2.75 bits per heavy atom. The van der Waals surface area contributed by atoms with Gasteiger partial charge in [0.25, 0.3) is 5.69 Å². The summed E-state index contributed by atoms with van der Waals surface area (Å²) in [5.41, 5.74) is 2.60. The third kappa shape index (κ3) is 1.46. The first-order valence-electron chi connectivity index (χ1n) is 6.18. The van der Waals surface area contributed by atoms with Crippen LogP contribution in [0.5, 0.6) is 0 Å². The van der Waals surface area contributed by atoms with Crippen molar-refractivity contribution < 1.29 is 4.92 Å². The molecule has 0 saturated heterocycles. The molecule has 5 heteroatoms. The summed E-state index contributed by atoms with van der Waals surface area (Å²) >= 11 is 0. The average Bonchev–Trinajstić information content (AvgIpc) is 2.81. The molecule has 2 aromatic carbocycles. The number of benzene rings is 2. The van der Waals surface area contributed by atoms with Crippen molar-refractivity contribution in [2.45, 2.75) is 0 Å². The third-order valence-corrected chi connectivity index (χ3v) is 3.48. The second kappa shape index (κ2) is 3.77. The Morgan fingerprint density at radius 1 is 1.05 bits per heavy atom. The molecular weight excluding hydrogens is 254 g/mol. The zero-order valence-corrected chi connectivity index (χ0v) is 10.3. The molecule has 0 bridgehead atoms. The summed E-state index contributed by atoms with van der Waals surface area (Å²) in [7, 11) is 0. The molecule has 20 heavy (non-hydrogen) atoms. The van der Waals surface area contributed by atoms with Crippen molar-refractivity contribution in [3.05, 3.63) is 58.6 Å². The second-order valence-electron chi connectivity index (χ2n) is 4.69. The van der Waals surface area contributed by atoms with Crippen molar-refractivity contribution in [2.75, 3.05) is 0 Å². The topological polar surface area (TPSA) is 71.8 Å². The van der Waals surface area contributed by atoms with Crippen LogP contribution in [-0.2, 0) is 0 Å². The van der Waals surface area contributed by atoms with Crippen LogP contribution in [0, 0.1) is 10.1 Å². The van der Waals surface area contributed by atoms with Gasteiger partial charge in [0.15, 0.2) is 0 Å². The minimum absolute atomic E-state index is 0.0894. The molecule has 4 rings (SSSR count). The van der Waals surface area contributed by atoms with Crippen LogP contribution in [0.3, 0.4) is 0 Å². The van der Waals surface area contributed by atoms with E-state index in [1.165, 1.54) is 6.07 Å². The fourth-order valence-corrected chi connectivity index (χ4v) is 2.52. The van der Waals surface area contributed by atoms with Crippen molar-refractivity contribution in [2.24, 2.45) is 0 Å². The van der Waals surface area contributed by atoms with Crippen molar-refractivity contribution in [1.82, 2.24) is 9.97 Å². The monoisotopic (exact) mass is 263 g/mol. The van der Waals surface area contributed by atoms with Crippen LogP contribution in [0.25, 0.3) is 32.8 Å². The number of aromatic nitrogens is 2. The number of rotatable bonds is 1. The highest BCUT2D eigenvalue weighted by molar-refractivity contribution is 6.09. The Balaban J connectivity index is 2.15. The maximum absolute atomic E-state index is 10.9. The summed E-state index contributed by atoms with van der Waals surface area (Å²) in [4.78, 5) is 18.3. The summed E-state index contributed by atoms with van der Waals surface area (Å²) in [5, 5.41) is 13.6. The fourth-order valence-electron chi connectivity index (χ4n) is 2.52. The largest absolute Gasteiger partial charge is 0.339 e. The van der Waals surface area contributed by atoms with E-state index in [4.69, 9.17) is 0 Å². The summed E-state index contributed by atoms with van der Waals surface area (Å²) in [5.74, 6) is 0. The van der Waals surface area contributed by atoms with Gasteiger partial charge in [-0.05, 0) is 18.2 Å². The maximum atomic E-state index is 10.9. The molecule has 0 fully saturated rings. The highest BCUT2D eigenvalue weighted by atomic mass is 16.6. The van der Waals surface area contributed by atoms with E-state index < -0.39 is 0 Å². The van der Waals surface area contributed by atoms with E-state index in [0.29, 0.717) is 0 Å². The second-order valence-corrected chi connectivity index (χ2v) is 4.69. The number of aromatic amines is 1. The first-order valence-corrected chi connectivity index (χ1v) is 6.18. The third-order valence-electron chi connectivity index (χ3n) is 3.48. The van der Waals surface area contributed by atoms with Gasteiger partial charge < -0.3 is 4.98 Å². The molecule has 5 nitrogen and oxygen atoms in total. The summed E-state index contributed by atoms with van der Waals surface area (Å²) in [6.07, 6.45) is 0. The molecule has 2 heterocycles. The number of nitrogens with zero attached hydrogens (tertiary/aromatic N) is 2. The van der Waals surface area contributed by atoms with E-state index in [2.05, 4.69) is 9.97 Å². The van der Waals surface area contributed by atoms with Crippen molar-refractivity contribution in [3.63, 3.8) is 0 Å². The smallest absolute Gasteiger partial charge is 0.270 e. The predicted molar refractivity (Wildman–Crippen MR) is 77.8 cm³/mol. The summed E-state index contributed by atoms with van der Waals surface area (Å²) < 4.78 is 0. The van der Waals surface area contributed by atoms with Gasteiger partial charge in [0.2, 0.25) is 0 Å². The van der Waals surface area contributed by atoms with E-state index in [1.54, 1.807) is 12.1 Å². The molecule has 0 unspecified atom stereocenters. The van der Waals surface area contributed by atoms with Gasteiger partial charge in [-0.25, -0.2) is 4.98 Å². The molecule has 0 amide bonds. The molecule has 0 aliphatic rings. The Hall–Kier alpha value is -2.95. The molecule has 4 aromatic rings. The predicted octanol–water partition coefficient (Wildman–Crippen LogP) is 3.78. The number of H-pyrrole nitrogens is 1. The van der Waals surface area contributed by atoms with Crippen molar-refractivity contribution in [3.8, 4) is 0 Å². The highest BCUT2D eigenvalue weighted by Gasteiger charge is 2.11. The molecule has 0 radical (unpaired) electrons. The standard InChI is InChI=1S/C15H9N3O2/c19-18(20)10-5-6-14-11(8-10)12-7-9-3-1-2-4-13(9)16-15(12)17-14/h1-8H,(H,16,17). The Kier molecular flexibility index (Phi) is 2.06. The van der Waals surface area contributed by atoms with E-state index >= 15 is 0 Å². The lowest BCUT2D eigenvalue weighted by Gasteiger charge is -1.97. The zero-order chi connectivity index (χ0) is 13.7. The van der Waals surface area contributed by atoms with Gasteiger partial charge in [-0.3, -0.25) is 10.1 Å². The number of nitrogens with one attached hydrogen (secondary N) is 1. The molecular formula is C15H9N3O2. The van der Waals surface area contributed by atoms with Gasteiger partial charge >= 0.3 is 0 Å². The minimum Gasteiger partial charge on any atom is -0.339 e. The number of para-hydroxylation sites is 1. The first-order chi connectivity index (χ1) is 9.72. The van der Waals surface area contributed by atoms with Gasteiger partial charge in [0, 0.05) is 33.8 Å². The van der Waals surface area contributed by atoms with Gasteiger partial charge in [0.05, 0.1) is 10.4 Å². The number of nitro benzene ring substituents is 1. The first kappa shape index (κ1) is 10.9. The lowest BCUT2D eigenvalue weighted by molar-refractivity contribution is -0.384. The number of non-ortho nitro benzene ring substituents is 1. The number of pyridine rings is 1. The Labute approximate surface area is 113 Å². The number of nitro groups is 1. The lowest BCUT2D eigenvalue weighted by Crippen LogP contribution is -1.86. The summed E-state index contributed by atoms with van der Waals surface area (Å²) in [6.45, 7) is 0. The van der Waals surface area contributed by atoms with Crippen LogP contribution in [0.2, 0.25) is 0 Å². The molecule has 0 aliphatic heterocycles. The van der Waals surface area contributed by atoms with Crippen LogP contribution in [0.1, 0.15) is 0 Å². The molecule has 2 aromatic heterocycles. The van der Waals surface area contributed by atoms with Crippen LogP contribution >= 0.6 is 0 Å². The average molecular weight is 263 g/mol. The highest BCUT2D eigenvalue weighted by Crippen LogP contribution is 2.29. The normalized spacial score (nSPS) is 11.4. The number of hydrogen-bond acceptors (Lipinski definition) is 3. The van der Waals surface area contributed by atoms with Gasteiger partial charge in [0.1, 0.15) is 5.65 Å². The van der Waals surface area contributed by atoms with Crippen LogP contribution in [0.15, 0.2) is 48.5 Å². The van der Waals surface area contributed by atoms with E-state index in [1.807, 2.05) is 30.3 Å². The molecule has 0 aliphatic carbocycles. The molecule has 0 saturated carbocycles. The lowest BCUT2D eigenvalue weighted by atomic mass is 10.1. The van der Waals surface area contributed by atoms with Crippen LogP contribution < -0.4 is 0 Å². The maximum Gasteiger partial charge on any atom is 0.270 e. The molecule has 1 N–H and O–H groups in total. The quantitative estimate of drug-likeness (QED) is 0.419. The summed E-state index contributed by atoms with van der Waals surface area (Å²) in [6, 6.07) is 14.6. The van der Waals surface area contributed by atoms with Gasteiger partial charge in [-0.1, -0.05) is 18.2 Å². The van der Waals surface area contributed by atoms with Crippen molar-refractivity contribution >= 4 is 38.5 Å². The van der Waals surface area contributed by atoms with Gasteiger partial charge in [-0.2, -0.15) is 0 Å². The molecule has 0 atom stereocenters. The van der Waals surface area contributed by atoms with E-state index in [-0.39, 0.29) is 10.6 Å². The van der Waals surface area contributed by atoms with Crippen molar-refractivity contribution in [1.29, 1.82) is 0 Å². The SMILES string of the molecule is O=[N+]([O-])c1ccc2[nH]c3nc4ccccc4cc3c2c1. The fraction of sp³-hybridized carbons (Fsp3) is 0. The number of fused-ring (bicyclic) bond motifs is 4. The Bertz CT molecular complexity index is 988.